The summed E-state index contributed by atoms with van der Waals surface area (Å²) in [6, 6.07) is 4.67. The second-order valence-corrected chi connectivity index (χ2v) is 9.89. The SMILES string of the molecule is Cn1nc(C(=O)N2CCOCC2)cc1Oc1ccc([N+](=O)[O-])cc1S(=O)(=O)NC(C)(C)C. The molecule has 13 heteroatoms. The van der Waals surface area contributed by atoms with Gasteiger partial charge in [0.15, 0.2) is 5.69 Å². The minimum absolute atomic E-state index is 0.0997. The van der Waals surface area contributed by atoms with Gasteiger partial charge in [0.2, 0.25) is 15.9 Å². The number of nitrogens with zero attached hydrogens (tertiary/aromatic N) is 4. The van der Waals surface area contributed by atoms with Gasteiger partial charge in [0.25, 0.3) is 11.6 Å². The average molecular weight is 468 g/mol. The van der Waals surface area contributed by atoms with E-state index in [1.807, 2.05) is 0 Å². The highest BCUT2D eigenvalue weighted by Crippen LogP contribution is 2.33. The third kappa shape index (κ3) is 5.41. The molecule has 3 rings (SSSR count). The van der Waals surface area contributed by atoms with Gasteiger partial charge in [-0.05, 0) is 26.8 Å². The zero-order chi connectivity index (χ0) is 23.7. The number of aryl methyl sites for hydroxylation is 1. The zero-order valence-electron chi connectivity index (χ0n) is 18.2. The molecule has 32 heavy (non-hydrogen) atoms. The number of non-ortho nitro benzene ring substituents is 1. The van der Waals surface area contributed by atoms with Gasteiger partial charge < -0.3 is 14.4 Å². The van der Waals surface area contributed by atoms with E-state index >= 15 is 0 Å². The van der Waals surface area contributed by atoms with Crippen LogP contribution in [-0.2, 0) is 21.8 Å². The van der Waals surface area contributed by atoms with Crippen LogP contribution in [0, 0.1) is 10.1 Å². The van der Waals surface area contributed by atoms with E-state index in [2.05, 4.69) is 9.82 Å². The van der Waals surface area contributed by atoms with Crippen molar-refractivity contribution in [3.63, 3.8) is 0 Å². The number of nitrogens with one attached hydrogen (secondary N) is 1. The van der Waals surface area contributed by atoms with Crippen molar-refractivity contribution >= 4 is 21.6 Å². The Balaban J connectivity index is 1.96. The number of sulfonamides is 1. The van der Waals surface area contributed by atoms with Crippen molar-refractivity contribution in [1.29, 1.82) is 0 Å². The molecule has 0 saturated carbocycles. The van der Waals surface area contributed by atoms with Gasteiger partial charge in [-0.25, -0.2) is 17.8 Å². The van der Waals surface area contributed by atoms with E-state index in [0.29, 0.717) is 26.3 Å². The molecule has 1 aromatic carbocycles. The average Bonchev–Trinajstić information content (AvgIpc) is 3.06. The molecule has 12 nitrogen and oxygen atoms in total. The van der Waals surface area contributed by atoms with Crippen LogP contribution in [0.25, 0.3) is 0 Å². The molecule has 174 valence electrons. The van der Waals surface area contributed by atoms with Gasteiger partial charge in [0.1, 0.15) is 10.6 Å². The second-order valence-electron chi connectivity index (χ2n) is 8.24. The van der Waals surface area contributed by atoms with Crippen LogP contribution in [0.3, 0.4) is 0 Å². The van der Waals surface area contributed by atoms with Crippen molar-refractivity contribution in [3.8, 4) is 11.6 Å². The van der Waals surface area contributed by atoms with E-state index in [9.17, 15) is 23.3 Å². The monoisotopic (exact) mass is 467 g/mol. The van der Waals surface area contributed by atoms with Crippen LogP contribution < -0.4 is 9.46 Å². The summed E-state index contributed by atoms with van der Waals surface area (Å²) in [6.45, 7) is 6.69. The number of amides is 1. The normalized spacial score (nSPS) is 14.9. The lowest BCUT2D eigenvalue weighted by molar-refractivity contribution is -0.385. The first-order chi connectivity index (χ1) is 14.9. The fourth-order valence-electron chi connectivity index (χ4n) is 3.05. The number of benzene rings is 1. The van der Waals surface area contributed by atoms with Crippen LogP contribution >= 0.6 is 0 Å². The molecule has 0 atom stereocenters. The highest BCUT2D eigenvalue weighted by Gasteiger charge is 2.29. The Morgan fingerprint density at radius 2 is 1.91 bits per heavy atom. The summed E-state index contributed by atoms with van der Waals surface area (Å²) in [6.07, 6.45) is 0. The summed E-state index contributed by atoms with van der Waals surface area (Å²) >= 11 is 0. The van der Waals surface area contributed by atoms with E-state index in [1.54, 1.807) is 32.7 Å². The standard InChI is InChI=1S/C19H25N5O7S/c1-19(2,3)21-32(28,29)16-11-13(24(26)27)5-6-15(16)31-17-12-14(20-22(17)4)18(25)23-7-9-30-10-8-23/h5-6,11-12,21H,7-10H2,1-4H3. The van der Waals surface area contributed by atoms with Crippen molar-refractivity contribution in [1.82, 2.24) is 19.4 Å². The molecule has 1 N–H and O–H groups in total. The number of carbonyl (C=O) groups excluding carboxylic acids is 1. The Labute approximate surface area is 185 Å². The molecular weight excluding hydrogens is 442 g/mol. The number of carbonyl (C=O) groups is 1. The molecule has 0 bridgehead atoms. The maximum atomic E-state index is 12.9. The molecule has 1 aliphatic heterocycles. The third-order valence-corrected chi connectivity index (χ3v) is 6.22. The van der Waals surface area contributed by atoms with E-state index in [1.165, 1.54) is 16.8 Å². The van der Waals surface area contributed by atoms with Crippen molar-refractivity contribution in [3.05, 3.63) is 40.1 Å². The number of rotatable bonds is 6. The molecule has 0 aliphatic carbocycles. The number of nitro groups is 1. The smallest absolute Gasteiger partial charge is 0.274 e. The van der Waals surface area contributed by atoms with Gasteiger partial charge in [0, 0.05) is 43.9 Å². The first-order valence-corrected chi connectivity index (χ1v) is 11.3. The van der Waals surface area contributed by atoms with Gasteiger partial charge >= 0.3 is 0 Å². The summed E-state index contributed by atoms with van der Waals surface area (Å²) < 4.78 is 40.6. The second kappa shape index (κ2) is 8.84. The number of aromatic nitrogens is 2. The van der Waals surface area contributed by atoms with Gasteiger partial charge in [-0.2, -0.15) is 5.10 Å². The lowest BCUT2D eigenvalue weighted by Gasteiger charge is -2.25. The first kappa shape index (κ1) is 23.6. The van der Waals surface area contributed by atoms with Crippen LogP contribution in [-0.4, -0.2) is 65.8 Å². The lowest BCUT2D eigenvalue weighted by atomic mass is 10.1. The molecule has 1 aromatic heterocycles. The predicted molar refractivity (Wildman–Crippen MR) is 113 cm³/mol. The number of hydrogen-bond donors (Lipinski definition) is 1. The largest absolute Gasteiger partial charge is 0.438 e. The Morgan fingerprint density at radius 3 is 2.50 bits per heavy atom. The molecule has 1 aliphatic rings. The quantitative estimate of drug-likeness (QED) is 0.499. The summed E-state index contributed by atoms with van der Waals surface area (Å²) in [5.74, 6) is -0.340. The molecule has 2 heterocycles. The Hall–Kier alpha value is -3.03. The van der Waals surface area contributed by atoms with Crippen LogP contribution in [0.2, 0.25) is 0 Å². The van der Waals surface area contributed by atoms with Gasteiger partial charge in [-0.3, -0.25) is 14.9 Å². The maximum absolute atomic E-state index is 12.9. The number of ether oxygens (including phenoxy) is 2. The minimum Gasteiger partial charge on any atom is -0.438 e. The number of nitro benzene ring substituents is 1. The zero-order valence-corrected chi connectivity index (χ0v) is 19.0. The van der Waals surface area contributed by atoms with Crippen molar-refractivity contribution in [2.45, 2.75) is 31.2 Å². The van der Waals surface area contributed by atoms with E-state index < -0.39 is 31.1 Å². The topological polar surface area (TPSA) is 146 Å². The molecule has 1 saturated heterocycles. The molecule has 2 aromatic rings. The minimum atomic E-state index is -4.16. The summed E-state index contributed by atoms with van der Waals surface area (Å²) in [4.78, 5) is 24.4. The molecule has 1 fully saturated rings. The lowest BCUT2D eigenvalue weighted by Crippen LogP contribution is -2.40. The number of morpholine rings is 1. The molecule has 0 unspecified atom stereocenters. The first-order valence-electron chi connectivity index (χ1n) is 9.79. The van der Waals surface area contributed by atoms with E-state index in [0.717, 1.165) is 12.1 Å². The fourth-order valence-corrected chi connectivity index (χ4v) is 4.62. The van der Waals surface area contributed by atoms with Gasteiger partial charge in [0.05, 0.1) is 18.1 Å². The summed E-state index contributed by atoms with van der Waals surface area (Å²) in [7, 11) is -2.62. The van der Waals surface area contributed by atoms with E-state index in [-0.39, 0.29) is 23.2 Å². The van der Waals surface area contributed by atoms with Crippen molar-refractivity contribution in [2.24, 2.45) is 7.05 Å². The van der Waals surface area contributed by atoms with Gasteiger partial charge in [-0.15, -0.1) is 0 Å². The fraction of sp³-hybridized carbons (Fsp3) is 0.474. The van der Waals surface area contributed by atoms with Crippen molar-refractivity contribution in [2.75, 3.05) is 26.3 Å². The van der Waals surface area contributed by atoms with Crippen LogP contribution in [0.15, 0.2) is 29.2 Å². The Bertz CT molecular complexity index is 1130. The van der Waals surface area contributed by atoms with Gasteiger partial charge in [-0.1, -0.05) is 0 Å². The van der Waals surface area contributed by atoms with Crippen LogP contribution in [0.5, 0.6) is 11.6 Å². The number of hydrogen-bond acceptors (Lipinski definition) is 8. The maximum Gasteiger partial charge on any atom is 0.274 e. The highest BCUT2D eigenvalue weighted by atomic mass is 32.2. The molecular formula is C19H25N5O7S. The molecule has 1 amide bonds. The van der Waals surface area contributed by atoms with E-state index in [4.69, 9.17) is 9.47 Å². The van der Waals surface area contributed by atoms with Crippen molar-refractivity contribution < 1.29 is 27.6 Å². The van der Waals surface area contributed by atoms with Crippen LogP contribution in [0.1, 0.15) is 31.3 Å². The molecule has 0 spiro atoms. The Morgan fingerprint density at radius 1 is 1.25 bits per heavy atom. The summed E-state index contributed by atoms with van der Waals surface area (Å²) in [5, 5.41) is 15.4. The highest BCUT2D eigenvalue weighted by molar-refractivity contribution is 7.89. The molecule has 0 radical (unpaired) electrons. The van der Waals surface area contributed by atoms with Crippen LogP contribution in [0.4, 0.5) is 5.69 Å². The predicted octanol–water partition coefficient (Wildman–Crippen LogP) is 1.67. The summed E-state index contributed by atoms with van der Waals surface area (Å²) in [5.41, 5.74) is -1.10. The Kier molecular flexibility index (Phi) is 6.53. The third-order valence-electron chi connectivity index (χ3n) is 4.44.